The predicted octanol–water partition coefficient (Wildman–Crippen LogP) is 3.61. The molecule has 2 aromatic carbocycles. The van der Waals surface area contributed by atoms with E-state index in [0.29, 0.717) is 0 Å². The van der Waals surface area contributed by atoms with E-state index in [0.717, 1.165) is 22.3 Å². The molecule has 0 spiro atoms. The third-order valence-corrected chi connectivity index (χ3v) is 3.31. The van der Waals surface area contributed by atoms with Crippen molar-refractivity contribution < 1.29 is 8.78 Å². The van der Waals surface area contributed by atoms with Crippen molar-refractivity contribution in [1.82, 2.24) is 5.32 Å². The first-order valence-corrected chi connectivity index (χ1v) is 5.97. The van der Waals surface area contributed by atoms with E-state index in [1.54, 1.807) is 0 Å². The lowest BCUT2D eigenvalue weighted by atomic mass is 10.1. The zero-order chi connectivity index (χ0) is 12.5. The predicted molar refractivity (Wildman–Crippen MR) is 67.7 cm³/mol. The molecular formula is C15H13F2N. The molecule has 1 N–H and O–H groups in total. The van der Waals surface area contributed by atoms with Crippen LogP contribution in [-0.2, 0) is 0 Å². The molecule has 1 aliphatic carbocycles. The van der Waals surface area contributed by atoms with E-state index in [4.69, 9.17) is 0 Å². The van der Waals surface area contributed by atoms with Crippen LogP contribution >= 0.6 is 0 Å². The first-order valence-electron chi connectivity index (χ1n) is 5.97. The molecule has 0 aliphatic heterocycles. The summed E-state index contributed by atoms with van der Waals surface area (Å²) in [7, 11) is 0. The number of nitrogens with one attached hydrogen (secondary N) is 1. The van der Waals surface area contributed by atoms with Crippen molar-refractivity contribution in [3.8, 4) is 11.1 Å². The van der Waals surface area contributed by atoms with Gasteiger partial charge in [-0.2, -0.15) is 0 Å². The van der Waals surface area contributed by atoms with Gasteiger partial charge in [0.15, 0.2) is 0 Å². The quantitative estimate of drug-likeness (QED) is 0.871. The van der Waals surface area contributed by atoms with Gasteiger partial charge in [0, 0.05) is 0 Å². The summed E-state index contributed by atoms with van der Waals surface area (Å²) in [5, 5.41) is 2.94. The molecule has 3 rings (SSSR count). The lowest BCUT2D eigenvalue weighted by molar-refractivity contribution is 0.143. The molecular weight excluding hydrogens is 232 g/mol. The third-order valence-electron chi connectivity index (χ3n) is 3.31. The van der Waals surface area contributed by atoms with Crippen LogP contribution in [0.2, 0.25) is 0 Å². The topological polar surface area (TPSA) is 12.0 Å². The molecule has 0 radical (unpaired) electrons. The molecule has 0 heterocycles. The first-order chi connectivity index (χ1) is 8.77. The third kappa shape index (κ3) is 1.81. The molecule has 0 saturated carbocycles. The molecule has 0 atom stereocenters. The fourth-order valence-electron chi connectivity index (χ4n) is 2.58. The number of alkyl halides is 2. The summed E-state index contributed by atoms with van der Waals surface area (Å²) < 4.78 is 24.8. The Balaban J connectivity index is 2.03. The minimum atomic E-state index is -2.33. The average Bonchev–Trinajstić information content (AvgIpc) is 2.71. The van der Waals surface area contributed by atoms with Gasteiger partial charge in [0.05, 0.1) is 12.6 Å². The minimum absolute atomic E-state index is 0.119. The average molecular weight is 245 g/mol. The largest absolute Gasteiger partial charge is 0.301 e. The van der Waals surface area contributed by atoms with Crippen molar-refractivity contribution in [1.29, 1.82) is 0 Å². The highest BCUT2D eigenvalue weighted by Crippen LogP contribution is 2.42. The monoisotopic (exact) mass is 245 g/mol. The summed E-state index contributed by atoms with van der Waals surface area (Å²) in [6.45, 7) is -0.284. The Labute approximate surface area is 104 Å². The van der Waals surface area contributed by atoms with Crippen LogP contribution in [-0.4, -0.2) is 13.0 Å². The Hall–Kier alpha value is -1.74. The molecule has 0 saturated heterocycles. The molecule has 0 aromatic heterocycles. The lowest BCUT2D eigenvalue weighted by Crippen LogP contribution is -2.26. The summed E-state index contributed by atoms with van der Waals surface area (Å²) in [6.07, 6.45) is -2.33. The number of rotatable bonds is 3. The van der Waals surface area contributed by atoms with Gasteiger partial charge in [-0.05, 0) is 22.3 Å². The van der Waals surface area contributed by atoms with Gasteiger partial charge in [0.2, 0.25) is 0 Å². The standard InChI is InChI=1S/C15H13F2N/c16-14(17)9-18-15-12-7-3-1-5-10(12)11-6-2-4-8-13(11)15/h1-8,14-15,18H,9H2. The van der Waals surface area contributed by atoms with Gasteiger partial charge in [-0.3, -0.25) is 0 Å². The highest BCUT2D eigenvalue weighted by molar-refractivity contribution is 5.78. The molecule has 1 nitrogen and oxygen atoms in total. The summed E-state index contributed by atoms with van der Waals surface area (Å²) in [4.78, 5) is 0. The zero-order valence-electron chi connectivity index (χ0n) is 9.74. The van der Waals surface area contributed by atoms with Crippen LogP contribution in [0.1, 0.15) is 17.2 Å². The smallest absolute Gasteiger partial charge is 0.250 e. The fourth-order valence-corrected chi connectivity index (χ4v) is 2.58. The van der Waals surface area contributed by atoms with Gasteiger partial charge >= 0.3 is 0 Å². The van der Waals surface area contributed by atoms with Crippen LogP contribution in [0.15, 0.2) is 48.5 Å². The Bertz CT molecular complexity index is 520. The van der Waals surface area contributed by atoms with E-state index in [-0.39, 0.29) is 12.6 Å². The van der Waals surface area contributed by atoms with E-state index in [1.165, 1.54) is 0 Å². The first kappa shape index (κ1) is 11.4. The highest BCUT2D eigenvalue weighted by atomic mass is 19.3. The van der Waals surface area contributed by atoms with Crippen molar-refractivity contribution in [3.63, 3.8) is 0 Å². The molecule has 1 aliphatic rings. The fraction of sp³-hybridized carbons (Fsp3) is 0.200. The van der Waals surface area contributed by atoms with Crippen molar-refractivity contribution in [3.05, 3.63) is 59.7 Å². The lowest BCUT2D eigenvalue weighted by Gasteiger charge is -2.15. The number of halogens is 2. The Morgan fingerprint density at radius 1 is 0.889 bits per heavy atom. The second-order valence-corrected chi connectivity index (χ2v) is 4.41. The normalized spacial score (nSPS) is 13.7. The van der Waals surface area contributed by atoms with Crippen LogP contribution in [0.3, 0.4) is 0 Å². The summed E-state index contributed by atoms with van der Waals surface area (Å²) in [5.41, 5.74) is 4.44. The van der Waals surface area contributed by atoms with Crippen LogP contribution in [0.5, 0.6) is 0 Å². The van der Waals surface area contributed by atoms with Crippen LogP contribution in [0.4, 0.5) is 8.78 Å². The maximum absolute atomic E-state index is 12.4. The van der Waals surface area contributed by atoms with E-state index < -0.39 is 6.43 Å². The van der Waals surface area contributed by atoms with Crippen LogP contribution < -0.4 is 5.32 Å². The minimum Gasteiger partial charge on any atom is -0.301 e. The highest BCUT2D eigenvalue weighted by Gasteiger charge is 2.27. The van der Waals surface area contributed by atoms with Crippen molar-refractivity contribution in [2.75, 3.05) is 6.54 Å². The number of hydrogen-bond acceptors (Lipinski definition) is 1. The van der Waals surface area contributed by atoms with Gasteiger partial charge in [-0.25, -0.2) is 8.78 Å². The second-order valence-electron chi connectivity index (χ2n) is 4.41. The number of hydrogen-bond donors (Lipinski definition) is 1. The molecule has 0 bridgehead atoms. The molecule has 18 heavy (non-hydrogen) atoms. The Morgan fingerprint density at radius 3 is 1.89 bits per heavy atom. The Kier molecular flexibility index (Phi) is 2.84. The van der Waals surface area contributed by atoms with Crippen molar-refractivity contribution in [2.24, 2.45) is 0 Å². The van der Waals surface area contributed by atoms with E-state index in [9.17, 15) is 8.78 Å². The van der Waals surface area contributed by atoms with Crippen LogP contribution in [0.25, 0.3) is 11.1 Å². The van der Waals surface area contributed by atoms with Gasteiger partial charge in [0.25, 0.3) is 6.43 Å². The van der Waals surface area contributed by atoms with Crippen LogP contribution in [0, 0.1) is 0 Å². The SMILES string of the molecule is FC(F)CNC1c2ccccc2-c2ccccc21. The second kappa shape index (κ2) is 4.50. The molecule has 92 valence electrons. The van der Waals surface area contributed by atoms with E-state index in [1.807, 2.05) is 48.5 Å². The Morgan fingerprint density at radius 2 is 1.39 bits per heavy atom. The number of fused-ring (bicyclic) bond motifs is 3. The summed E-state index contributed by atoms with van der Waals surface area (Å²) >= 11 is 0. The summed E-state index contributed by atoms with van der Waals surface area (Å²) in [5.74, 6) is 0. The molecule has 0 fully saturated rings. The van der Waals surface area contributed by atoms with Gasteiger partial charge < -0.3 is 5.32 Å². The van der Waals surface area contributed by atoms with Gasteiger partial charge in [-0.1, -0.05) is 48.5 Å². The summed E-state index contributed by atoms with van der Waals surface area (Å²) in [6, 6.07) is 15.8. The van der Waals surface area contributed by atoms with Gasteiger partial charge in [-0.15, -0.1) is 0 Å². The molecule has 3 heteroatoms. The molecule has 0 unspecified atom stereocenters. The van der Waals surface area contributed by atoms with E-state index in [2.05, 4.69) is 5.32 Å². The van der Waals surface area contributed by atoms with Crippen molar-refractivity contribution >= 4 is 0 Å². The van der Waals surface area contributed by atoms with E-state index >= 15 is 0 Å². The molecule has 0 amide bonds. The molecule has 2 aromatic rings. The maximum Gasteiger partial charge on any atom is 0.250 e. The zero-order valence-corrected chi connectivity index (χ0v) is 9.74. The van der Waals surface area contributed by atoms with Gasteiger partial charge in [0.1, 0.15) is 0 Å². The maximum atomic E-state index is 12.4. The number of benzene rings is 2. The van der Waals surface area contributed by atoms with Crippen molar-refractivity contribution in [2.45, 2.75) is 12.5 Å².